The summed E-state index contributed by atoms with van der Waals surface area (Å²) in [5.74, 6) is -1.33. The molecule has 0 radical (unpaired) electrons. The van der Waals surface area contributed by atoms with Crippen LogP contribution in [0.2, 0.25) is 0 Å². The lowest BCUT2D eigenvalue weighted by atomic mass is 10.0. The molecular formula is C20H26N4O7. The Bertz CT molecular complexity index is 946. The van der Waals surface area contributed by atoms with E-state index in [0.717, 1.165) is 42.5 Å². The van der Waals surface area contributed by atoms with Gasteiger partial charge in [0.2, 0.25) is 5.91 Å². The smallest absolute Gasteiger partial charge is 0.414 e. The summed E-state index contributed by atoms with van der Waals surface area (Å²) in [6, 6.07) is 4.15. The second-order valence-electron chi connectivity index (χ2n) is 6.92. The number of ether oxygens (including phenoxy) is 2. The molecule has 0 atom stereocenters. The number of fused-ring (bicyclic) bond motifs is 1. The van der Waals surface area contributed by atoms with Gasteiger partial charge in [0.05, 0.1) is 20.4 Å². The number of aromatic nitrogens is 2. The van der Waals surface area contributed by atoms with E-state index in [1.807, 2.05) is 24.1 Å². The van der Waals surface area contributed by atoms with Gasteiger partial charge in [0.15, 0.2) is 17.3 Å². The minimum Gasteiger partial charge on any atom is -0.493 e. The number of carbonyl (C=O) groups excluding carboxylic acids is 1. The quantitative estimate of drug-likeness (QED) is 0.675. The number of amides is 1. The van der Waals surface area contributed by atoms with Crippen LogP contribution in [0, 0.1) is 0 Å². The summed E-state index contributed by atoms with van der Waals surface area (Å²) in [6.07, 6.45) is 3.57. The third-order valence-corrected chi connectivity index (χ3v) is 5.14. The van der Waals surface area contributed by atoms with E-state index in [-0.39, 0.29) is 11.9 Å². The van der Waals surface area contributed by atoms with Gasteiger partial charge in [-0.1, -0.05) is 0 Å². The van der Waals surface area contributed by atoms with Crippen molar-refractivity contribution < 1.29 is 34.1 Å². The monoisotopic (exact) mass is 434 g/mol. The van der Waals surface area contributed by atoms with Crippen molar-refractivity contribution in [1.29, 1.82) is 0 Å². The van der Waals surface area contributed by atoms with Crippen LogP contribution in [0.3, 0.4) is 0 Å². The fraction of sp³-hybridized carbons (Fsp3) is 0.450. The van der Waals surface area contributed by atoms with E-state index >= 15 is 0 Å². The molecule has 2 aromatic rings. The lowest BCUT2D eigenvalue weighted by Crippen LogP contribution is -2.45. The summed E-state index contributed by atoms with van der Waals surface area (Å²) in [5.41, 5.74) is 0. The summed E-state index contributed by atoms with van der Waals surface area (Å²) >= 11 is 0. The Labute approximate surface area is 179 Å². The van der Waals surface area contributed by atoms with Gasteiger partial charge in [0.25, 0.3) is 0 Å². The summed E-state index contributed by atoms with van der Waals surface area (Å²) in [4.78, 5) is 33.8. The first-order valence-corrected chi connectivity index (χ1v) is 9.51. The highest BCUT2D eigenvalue weighted by atomic mass is 16.5. The molecule has 1 aromatic heterocycles. The molecule has 31 heavy (non-hydrogen) atoms. The van der Waals surface area contributed by atoms with Gasteiger partial charge < -0.3 is 29.5 Å². The summed E-state index contributed by atoms with van der Waals surface area (Å²) in [7, 11) is 5.12. The van der Waals surface area contributed by atoms with Crippen LogP contribution >= 0.6 is 0 Å². The number of anilines is 1. The predicted molar refractivity (Wildman–Crippen MR) is 112 cm³/mol. The molecule has 0 saturated carbocycles. The lowest BCUT2D eigenvalue weighted by Gasteiger charge is -2.37. The van der Waals surface area contributed by atoms with Gasteiger partial charge in [-0.2, -0.15) is 5.10 Å². The van der Waals surface area contributed by atoms with Crippen LogP contribution in [0.1, 0.15) is 19.8 Å². The van der Waals surface area contributed by atoms with Crippen molar-refractivity contribution in [1.82, 2.24) is 15.1 Å². The largest absolute Gasteiger partial charge is 0.493 e. The number of hydrogen-bond acceptors (Lipinski definition) is 8. The lowest BCUT2D eigenvalue weighted by molar-refractivity contribution is -0.159. The molecule has 1 aliphatic rings. The predicted octanol–water partition coefficient (Wildman–Crippen LogP) is 1.25. The molecule has 11 heteroatoms. The second kappa shape index (κ2) is 10.4. The number of methoxy groups -OCH3 is 2. The maximum Gasteiger partial charge on any atom is 0.414 e. The van der Waals surface area contributed by atoms with Crippen molar-refractivity contribution >= 4 is 34.4 Å². The molecule has 1 saturated heterocycles. The van der Waals surface area contributed by atoms with E-state index in [4.69, 9.17) is 29.3 Å². The number of rotatable bonds is 4. The van der Waals surface area contributed by atoms with E-state index in [9.17, 15) is 4.79 Å². The standard InChI is InChI=1S/C18H24N4O3.C2H2O4/c1-12(23)21(2)14-5-7-22(8-6-14)18-15-10-17(25-4)16(24-3)9-13(15)11-19-20-18;3-1(4)2(5)6/h9-11,14H,5-8H2,1-4H3;(H,3,4)(H,5,6). The third-order valence-electron chi connectivity index (χ3n) is 5.14. The molecule has 2 N–H and O–H groups in total. The average molecular weight is 434 g/mol. The Morgan fingerprint density at radius 2 is 1.61 bits per heavy atom. The topological polar surface area (TPSA) is 142 Å². The highest BCUT2D eigenvalue weighted by Gasteiger charge is 2.26. The minimum absolute atomic E-state index is 0.111. The second-order valence-corrected chi connectivity index (χ2v) is 6.92. The number of aliphatic carboxylic acids is 2. The van der Waals surface area contributed by atoms with Crippen LogP contribution in [0.5, 0.6) is 11.5 Å². The molecule has 1 aromatic carbocycles. The molecule has 0 spiro atoms. The van der Waals surface area contributed by atoms with Gasteiger partial charge in [-0.3, -0.25) is 4.79 Å². The van der Waals surface area contributed by atoms with Crippen molar-refractivity contribution in [2.75, 3.05) is 39.3 Å². The number of nitrogens with zero attached hydrogens (tertiary/aromatic N) is 4. The van der Waals surface area contributed by atoms with Crippen LogP contribution in [-0.4, -0.2) is 83.6 Å². The number of benzene rings is 1. The maximum absolute atomic E-state index is 11.6. The zero-order valence-corrected chi connectivity index (χ0v) is 17.9. The summed E-state index contributed by atoms with van der Waals surface area (Å²) in [5, 5.41) is 25.3. The molecule has 3 rings (SSSR count). The summed E-state index contributed by atoms with van der Waals surface area (Å²) in [6.45, 7) is 3.29. The Hall–Kier alpha value is -3.63. The van der Waals surface area contributed by atoms with Crippen molar-refractivity contribution in [2.45, 2.75) is 25.8 Å². The van der Waals surface area contributed by atoms with Crippen molar-refractivity contribution in [3.05, 3.63) is 18.3 Å². The van der Waals surface area contributed by atoms with Crippen molar-refractivity contribution in [3.63, 3.8) is 0 Å². The zero-order chi connectivity index (χ0) is 23.1. The zero-order valence-electron chi connectivity index (χ0n) is 17.9. The van der Waals surface area contributed by atoms with Crippen molar-refractivity contribution in [2.24, 2.45) is 0 Å². The van der Waals surface area contributed by atoms with Gasteiger partial charge in [-0.05, 0) is 25.0 Å². The van der Waals surface area contributed by atoms with E-state index in [2.05, 4.69) is 15.1 Å². The van der Waals surface area contributed by atoms with Gasteiger partial charge in [0, 0.05) is 43.9 Å². The van der Waals surface area contributed by atoms with Gasteiger partial charge in [-0.15, -0.1) is 5.10 Å². The molecular weight excluding hydrogens is 408 g/mol. The van der Waals surface area contributed by atoms with Gasteiger partial charge in [-0.25, -0.2) is 9.59 Å². The Kier molecular flexibility index (Phi) is 7.94. The van der Waals surface area contributed by atoms with Crippen LogP contribution in [0.25, 0.3) is 10.8 Å². The third kappa shape index (κ3) is 5.71. The Balaban J connectivity index is 0.000000501. The van der Waals surface area contributed by atoms with Gasteiger partial charge in [0.1, 0.15) is 0 Å². The van der Waals surface area contributed by atoms with E-state index < -0.39 is 11.9 Å². The first-order chi connectivity index (χ1) is 14.7. The number of hydrogen-bond donors (Lipinski definition) is 2. The molecule has 1 amide bonds. The fourth-order valence-corrected chi connectivity index (χ4v) is 3.35. The molecule has 1 fully saturated rings. The fourth-order valence-electron chi connectivity index (χ4n) is 3.35. The van der Waals surface area contributed by atoms with E-state index in [1.165, 1.54) is 0 Å². The van der Waals surface area contributed by atoms with E-state index in [1.54, 1.807) is 27.3 Å². The van der Waals surface area contributed by atoms with Gasteiger partial charge >= 0.3 is 11.9 Å². The molecule has 0 bridgehead atoms. The molecule has 2 heterocycles. The molecule has 11 nitrogen and oxygen atoms in total. The average Bonchev–Trinajstić information content (AvgIpc) is 2.77. The normalized spacial score (nSPS) is 13.7. The van der Waals surface area contributed by atoms with Crippen molar-refractivity contribution in [3.8, 4) is 11.5 Å². The van der Waals surface area contributed by atoms with Crippen LogP contribution in [0.4, 0.5) is 5.82 Å². The molecule has 0 unspecified atom stereocenters. The number of piperidine rings is 1. The highest BCUT2D eigenvalue weighted by molar-refractivity contribution is 6.27. The summed E-state index contributed by atoms with van der Waals surface area (Å²) < 4.78 is 10.8. The minimum atomic E-state index is -1.82. The Morgan fingerprint density at radius 1 is 1.06 bits per heavy atom. The molecule has 1 aliphatic heterocycles. The number of carbonyl (C=O) groups is 3. The first kappa shape index (κ1) is 23.6. The number of carboxylic acids is 2. The van der Waals surface area contributed by atoms with Crippen LogP contribution in [-0.2, 0) is 14.4 Å². The number of carboxylic acid groups (broad SMARTS) is 2. The first-order valence-electron chi connectivity index (χ1n) is 9.51. The van der Waals surface area contributed by atoms with Crippen LogP contribution in [0.15, 0.2) is 18.3 Å². The molecule has 0 aliphatic carbocycles. The maximum atomic E-state index is 11.6. The van der Waals surface area contributed by atoms with Crippen LogP contribution < -0.4 is 14.4 Å². The Morgan fingerprint density at radius 3 is 2.10 bits per heavy atom. The SMILES string of the molecule is COc1cc2cnnc(N3CCC(N(C)C(C)=O)CC3)c2cc1OC.O=C(O)C(=O)O. The highest BCUT2D eigenvalue weighted by Crippen LogP contribution is 2.36. The molecule has 168 valence electrons. The van der Waals surface area contributed by atoms with E-state index in [0.29, 0.717) is 11.5 Å².